The summed E-state index contributed by atoms with van der Waals surface area (Å²) in [6.45, 7) is 3.08. The van der Waals surface area contributed by atoms with Crippen molar-refractivity contribution < 1.29 is 19.5 Å². The lowest BCUT2D eigenvalue weighted by Crippen LogP contribution is -2.53. The molecule has 4 unspecified atom stereocenters. The SMILES string of the molecule is CC(CO)NC(=O)C(C)NC(=O)C1CSC2c3ccccc3C(=O)N12. The van der Waals surface area contributed by atoms with E-state index in [1.807, 2.05) is 18.2 Å². The van der Waals surface area contributed by atoms with Crippen LogP contribution in [0.4, 0.5) is 0 Å². The molecule has 3 N–H and O–H groups in total. The summed E-state index contributed by atoms with van der Waals surface area (Å²) in [6.07, 6.45) is 0. The smallest absolute Gasteiger partial charge is 0.256 e. The van der Waals surface area contributed by atoms with Gasteiger partial charge in [0.15, 0.2) is 0 Å². The molecule has 8 heteroatoms. The second-order valence-corrected chi connectivity index (χ2v) is 7.44. The summed E-state index contributed by atoms with van der Waals surface area (Å²) >= 11 is 1.56. The molecule has 7 nitrogen and oxygen atoms in total. The van der Waals surface area contributed by atoms with Gasteiger partial charge < -0.3 is 20.6 Å². The Kier molecular flexibility index (Phi) is 5.01. The number of aliphatic hydroxyl groups is 1. The van der Waals surface area contributed by atoms with Crippen molar-refractivity contribution in [3.05, 3.63) is 35.4 Å². The molecule has 3 amide bonds. The van der Waals surface area contributed by atoms with Crippen LogP contribution in [0.1, 0.15) is 35.1 Å². The number of benzene rings is 1. The molecule has 25 heavy (non-hydrogen) atoms. The Morgan fingerprint density at radius 1 is 1.32 bits per heavy atom. The second-order valence-electron chi connectivity index (χ2n) is 6.32. The van der Waals surface area contributed by atoms with Gasteiger partial charge in [-0.15, -0.1) is 11.8 Å². The highest BCUT2D eigenvalue weighted by atomic mass is 32.2. The fraction of sp³-hybridized carbons (Fsp3) is 0.471. The molecule has 134 valence electrons. The molecule has 4 atom stereocenters. The molecule has 1 aromatic carbocycles. The lowest BCUT2D eigenvalue weighted by atomic mass is 10.1. The van der Waals surface area contributed by atoms with Crippen molar-refractivity contribution in [3.8, 4) is 0 Å². The zero-order valence-corrected chi connectivity index (χ0v) is 14.9. The number of rotatable bonds is 5. The summed E-state index contributed by atoms with van der Waals surface area (Å²) in [6, 6.07) is 5.67. The van der Waals surface area contributed by atoms with Crippen LogP contribution in [0.25, 0.3) is 0 Å². The minimum atomic E-state index is -0.745. The van der Waals surface area contributed by atoms with E-state index in [1.54, 1.807) is 36.6 Å². The highest BCUT2D eigenvalue weighted by Crippen LogP contribution is 2.47. The number of carbonyl (C=O) groups is 3. The van der Waals surface area contributed by atoms with E-state index < -0.39 is 12.1 Å². The molecule has 2 aliphatic rings. The third-order valence-corrected chi connectivity index (χ3v) is 5.71. The van der Waals surface area contributed by atoms with Crippen LogP contribution in [0.5, 0.6) is 0 Å². The first kappa shape index (κ1) is 17.8. The average molecular weight is 363 g/mol. The standard InChI is InChI=1S/C17H21N3O4S/c1-9(7-21)18-14(22)10(2)19-15(23)13-8-25-17-12-6-4-3-5-11(12)16(24)20(13)17/h3-6,9-10,13,17,21H,7-8H2,1-2H3,(H,18,22)(H,19,23). The summed E-state index contributed by atoms with van der Waals surface area (Å²) in [4.78, 5) is 38.8. The number of amides is 3. The predicted octanol–water partition coefficient (Wildman–Crippen LogP) is 0.258. The third-order valence-electron chi connectivity index (χ3n) is 4.41. The van der Waals surface area contributed by atoms with Crippen molar-refractivity contribution in [1.82, 2.24) is 15.5 Å². The Morgan fingerprint density at radius 3 is 2.76 bits per heavy atom. The molecule has 2 aliphatic heterocycles. The van der Waals surface area contributed by atoms with Crippen molar-refractivity contribution in [2.45, 2.75) is 37.3 Å². The van der Waals surface area contributed by atoms with Gasteiger partial charge in [0.2, 0.25) is 11.8 Å². The van der Waals surface area contributed by atoms with Crippen molar-refractivity contribution in [2.75, 3.05) is 12.4 Å². The maximum Gasteiger partial charge on any atom is 0.256 e. The van der Waals surface area contributed by atoms with Gasteiger partial charge in [0, 0.05) is 17.4 Å². The van der Waals surface area contributed by atoms with E-state index in [0.717, 1.165) is 5.56 Å². The molecule has 0 aliphatic carbocycles. The number of aliphatic hydroxyl groups excluding tert-OH is 1. The van der Waals surface area contributed by atoms with Crippen molar-refractivity contribution in [1.29, 1.82) is 0 Å². The minimum absolute atomic E-state index is 0.141. The molecule has 0 radical (unpaired) electrons. The van der Waals surface area contributed by atoms with Gasteiger partial charge in [0.25, 0.3) is 5.91 Å². The Labute approximate surface area is 150 Å². The Balaban J connectivity index is 1.67. The normalized spacial score (nSPS) is 23.6. The molecule has 1 fully saturated rings. The van der Waals surface area contributed by atoms with Crippen LogP contribution in [0, 0.1) is 0 Å². The van der Waals surface area contributed by atoms with Crippen LogP contribution < -0.4 is 10.6 Å². The topological polar surface area (TPSA) is 98.7 Å². The largest absolute Gasteiger partial charge is 0.394 e. The van der Waals surface area contributed by atoms with Crippen LogP contribution in [-0.2, 0) is 9.59 Å². The molecule has 0 saturated carbocycles. The van der Waals surface area contributed by atoms with Crippen LogP contribution in [0.3, 0.4) is 0 Å². The third kappa shape index (κ3) is 3.23. The summed E-state index contributed by atoms with van der Waals surface area (Å²) in [7, 11) is 0. The van der Waals surface area contributed by atoms with Gasteiger partial charge >= 0.3 is 0 Å². The number of nitrogens with zero attached hydrogens (tertiary/aromatic N) is 1. The molecule has 2 heterocycles. The van der Waals surface area contributed by atoms with E-state index in [4.69, 9.17) is 5.11 Å². The van der Waals surface area contributed by atoms with Crippen molar-refractivity contribution in [3.63, 3.8) is 0 Å². The number of thioether (sulfide) groups is 1. The number of hydrogen-bond acceptors (Lipinski definition) is 5. The monoisotopic (exact) mass is 363 g/mol. The van der Waals surface area contributed by atoms with E-state index in [-0.39, 0.29) is 35.7 Å². The molecule has 0 aromatic heterocycles. The van der Waals surface area contributed by atoms with Gasteiger partial charge in [-0.2, -0.15) is 0 Å². The summed E-state index contributed by atoms with van der Waals surface area (Å²) < 4.78 is 0. The second kappa shape index (κ2) is 7.05. The van der Waals surface area contributed by atoms with Crippen LogP contribution in [-0.4, -0.2) is 58.2 Å². The predicted molar refractivity (Wildman–Crippen MR) is 93.9 cm³/mol. The van der Waals surface area contributed by atoms with Gasteiger partial charge in [-0.05, 0) is 25.5 Å². The maximum atomic E-state index is 12.6. The summed E-state index contributed by atoms with van der Waals surface area (Å²) in [5.41, 5.74) is 1.58. The number of hydrogen-bond donors (Lipinski definition) is 3. The zero-order valence-electron chi connectivity index (χ0n) is 14.1. The van der Waals surface area contributed by atoms with Gasteiger partial charge in [0.1, 0.15) is 17.5 Å². The van der Waals surface area contributed by atoms with E-state index >= 15 is 0 Å². The lowest BCUT2D eigenvalue weighted by Gasteiger charge is -2.24. The molecular formula is C17H21N3O4S. The van der Waals surface area contributed by atoms with Gasteiger partial charge in [0.05, 0.1) is 6.61 Å². The fourth-order valence-corrected chi connectivity index (χ4v) is 4.50. The number of fused-ring (bicyclic) bond motifs is 3. The maximum absolute atomic E-state index is 12.6. The van der Waals surface area contributed by atoms with Gasteiger partial charge in [-0.25, -0.2) is 0 Å². The minimum Gasteiger partial charge on any atom is -0.394 e. The molecule has 0 bridgehead atoms. The molecule has 1 saturated heterocycles. The van der Waals surface area contributed by atoms with Gasteiger partial charge in [-0.3, -0.25) is 14.4 Å². The van der Waals surface area contributed by atoms with E-state index in [1.165, 1.54) is 0 Å². The molecule has 1 aromatic rings. The molecule has 0 spiro atoms. The highest BCUT2D eigenvalue weighted by Gasteiger charge is 2.48. The van der Waals surface area contributed by atoms with E-state index in [2.05, 4.69) is 10.6 Å². The van der Waals surface area contributed by atoms with Crippen LogP contribution >= 0.6 is 11.8 Å². The van der Waals surface area contributed by atoms with E-state index in [0.29, 0.717) is 11.3 Å². The fourth-order valence-electron chi connectivity index (χ4n) is 3.03. The first-order valence-electron chi connectivity index (χ1n) is 8.18. The van der Waals surface area contributed by atoms with Crippen molar-refractivity contribution in [2.24, 2.45) is 0 Å². The van der Waals surface area contributed by atoms with Crippen molar-refractivity contribution >= 4 is 29.5 Å². The quantitative estimate of drug-likeness (QED) is 0.697. The Bertz CT molecular complexity index is 711. The average Bonchev–Trinajstić information content (AvgIpc) is 3.15. The van der Waals surface area contributed by atoms with Crippen LogP contribution in [0.15, 0.2) is 24.3 Å². The Morgan fingerprint density at radius 2 is 2.04 bits per heavy atom. The lowest BCUT2D eigenvalue weighted by molar-refractivity contribution is -0.131. The van der Waals surface area contributed by atoms with Crippen LogP contribution in [0.2, 0.25) is 0 Å². The Hall–Kier alpha value is -2.06. The van der Waals surface area contributed by atoms with E-state index in [9.17, 15) is 14.4 Å². The zero-order chi connectivity index (χ0) is 18.1. The first-order chi connectivity index (χ1) is 11.9. The molecule has 3 rings (SSSR count). The first-order valence-corrected chi connectivity index (χ1v) is 9.23. The highest BCUT2D eigenvalue weighted by molar-refractivity contribution is 7.99. The number of nitrogens with one attached hydrogen (secondary N) is 2. The summed E-state index contributed by atoms with van der Waals surface area (Å²) in [5, 5.41) is 14.1. The van der Waals surface area contributed by atoms with Gasteiger partial charge in [-0.1, -0.05) is 18.2 Å². The summed E-state index contributed by atoms with van der Waals surface area (Å²) in [5.74, 6) is -0.349. The molecular weight excluding hydrogens is 342 g/mol. The number of carbonyl (C=O) groups excluding carboxylic acids is 3.